The zero-order chi connectivity index (χ0) is 75.7. The molecule has 28 heteroatoms. The summed E-state index contributed by atoms with van der Waals surface area (Å²) in [5.74, 6) is -10.8. The molecular formula is C75H120F4N12O12. The van der Waals surface area contributed by atoms with Crippen LogP contribution in [0.4, 0.5) is 17.6 Å². The zero-order valence-electron chi connectivity index (χ0n) is 63.4. The van der Waals surface area contributed by atoms with Crippen LogP contribution in [0.25, 0.3) is 0 Å². The van der Waals surface area contributed by atoms with Gasteiger partial charge in [0.25, 0.3) is 0 Å². The SMILES string of the molecule is CC[C@H](C)[C@@H]1NC(=O)[C@H](CC(C)C)N(C)C(=O)C[C@@H](C(=O)N2CCCCC2)N(C)C(=O)[C@H](C2CCCC2)N(C)C(=O)C2(CCCC2)NC(=O)[C@@H]2CCCN2C(=O)[C@H](CCC2CCC(C(F)(F)F)C(F)C2)NC(=O)CN(C)C(=O)[C@H](CC2CCC(C)CC2)N(C)C(=O)[C@@H]2CCN2C(=O)[C@H](C)N(C)C1=O. The lowest BCUT2D eigenvalue weighted by molar-refractivity contribution is -0.201. The number of hydrogen-bond acceptors (Lipinski definition) is 12. The third-order valence-electron chi connectivity index (χ3n) is 24.9. The second-order valence-electron chi connectivity index (χ2n) is 32.5. The van der Waals surface area contributed by atoms with Gasteiger partial charge >= 0.3 is 6.18 Å². The van der Waals surface area contributed by atoms with Crippen molar-refractivity contribution in [1.29, 1.82) is 0 Å². The molecule has 8 aliphatic rings. The van der Waals surface area contributed by atoms with Crippen LogP contribution in [0.1, 0.15) is 215 Å². The fourth-order valence-electron chi connectivity index (χ4n) is 17.7. The number of alkyl halides is 4. The van der Waals surface area contributed by atoms with Crippen molar-refractivity contribution in [3.05, 3.63) is 0 Å². The van der Waals surface area contributed by atoms with Crippen LogP contribution in [0, 0.1) is 41.4 Å². The number of amides is 12. The standard InChI is InChI=1S/C75H120F4N12O12/c1-13-47(5)62-71(101)84(8)48(6)66(96)91-39-33-56(91)69(99)86(10)58(42-50-27-25-46(4)26-28-50)68(98)83(7)44-60(92)80-54(32-30-49-29-31-52(53(76)41-49)75(77,78)79)67(97)90-38-21-24-55(90)65(95)82-74(34-17-18-35-74)73(103)88(12)63(51-22-15-16-23-51)72(102)87(11)59(70(100)89-36-19-14-20-37-89)43-61(93)85(9)57(40-45(2)3)64(94)81-62/h45-59,62-63H,13-44H2,1-12H3,(H,80,92)(H,81,94)(H,82,95)/t46?,47-,48-,49?,50?,52?,53?,54-,55-,56-,57-,58-,59-,62-,63-/m0/s1. The van der Waals surface area contributed by atoms with Crippen LogP contribution < -0.4 is 16.0 Å². The lowest BCUT2D eigenvalue weighted by Gasteiger charge is -2.45. The molecule has 0 aromatic rings. The number of likely N-dealkylation sites (tertiary alicyclic amines) is 1. The number of hydrogen-bond donors (Lipinski definition) is 3. The highest BCUT2D eigenvalue weighted by atomic mass is 19.4. The molecule has 4 aliphatic heterocycles. The van der Waals surface area contributed by atoms with Gasteiger partial charge < -0.3 is 60.0 Å². The van der Waals surface area contributed by atoms with E-state index < -0.39 is 193 Å². The molecule has 0 aromatic heterocycles. The summed E-state index contributed by atoms with van der Waals surface area (Å²) in [7, 11) is 8.75. The molecule has 8 fully saturated rings. The molecule has 24 nitrogen and oxygen atoms in total. The average Bonchev–Trinajstić information content (AvgIpc) is 1.41. The molecule has 3 unspecified atom stereocenters. The van der Waals surface area contributed by atoms with Gasteiger partial charge in [0.15, 0.2) is 0 Å². The predicted octanol–water partition coefficient (Wildman–Crippen LogP) is 6.60. The van der Waals surface area contributed by atoms with E-state index in [0.29, 0.717) is 70.4 Å². The molecule has 4 heterocycles. The topological polar surface area (TPSA) is 270 Å². The summed E-state index contributed by atoms with van der Waals surface area (Å²) >= 11 is 0. The van der Waals surface area contributed by atoms with Crippen molar-refractivity contribution in [2.45, 2.75) is 287 Å². The second kappa shape index (κ2) is 35.6. The minimum atomic E-state index is -4.75. The van der Waals surface area contributed by atoms with Crippen LogP contribution in [0.5, 0.6) is 0 Å². The summed E-state index contributed by atoms with van der Waals surface area (Å²) in [6.07, 6.45) is 2.48. The normalized spacial score (nSPS) is 32.6. The van der Waals surface area contributed by atoms with E-state index in [1.807, 2.05) is 20.8 Å². The maximum atomic E-state index is 15.8. The third-order valence-corrected chi connectivity index (χ3v) is 24.9. The number of piperidine rings is 1. The summed E-state index contributed by atoms with van der Waals surface area (Å²) in [6, 6.07) is -10.9. The predicted molar refractivity (Wildman–Crippen MR) is 377 cm³/mol. The number of carbonyl (C=O) groups excluding carboxylic acids is 12. The highest BCUT2D eigenvalue weighted by Crippen LogP contribution is 2.44. The zero-order valence-corrected chi connectivity index (χ0v) is 63.4. The smallest absolute Gasteiger partial charge is 0.343 e. The molecule has 1 spiro atoms. The maximum Gasteiger partial charge on any atom is 0.394 e. The fraction of sp³-hybridized carbons (Fsp3) is 0.840. The van der Waals surface area contributed by atoms with Crippen molar-refractivity contribution in [1.82, 2.24) is 60.0 Å². The fourth-order valence-corrected chi connectivity index (χ4v) is 17.7. The molecular weight excluding hydrogens is 1340 g/mol. The molecule has 8 rings (SSSR count). The largest absolute Gasteiger partial charge is 0.394 e. The molecule has 0 bridgehead atoms. The molecule has 4 saturated carbocycles. The highest BCUT2D eigenvalue weighted by Gasteiger charge is 2.53. The minimum Gasteiger partial charge on any atom is -0.343 e. The minimum absolute atomic E-state index is 0.00274. The molecule has 12 amide bonds. The summed E-state index contributed by atoms with van der Waals surface area (Å²) in [4.78, 5) is 193. The number of carbonyl (C=O) groups is 12. The Morgan fingerprint density at radius 3 is 1.81 bits per heavy atom. The number of fused-ring (bicyclic) bond motifs is 2. The molecule has 0 aromatic carbocycles. The Morgan fingerprint density at radius 2 is 1.21 bits per heavy atom. The van der Waals surface area contributed by atoms with E-state index in [0.717, 1.165) is 49.8 Å². The van der Waals surface area contributed by atoms with Gasteiger partial charge in [-0.15, -0.1) is 0 Å². The quantitative estimate of drug-likeness (QED) is 0.185. The van der Waals surface area contributed by atoms with E-state index >= 15 is 42.7 Å². The first-order valence-electron chi connectivity index (χ1n) is 38.7. The Labute approximate surface area is 607 Å². The van der Waals surface area contributed by atoms with Crippen molar-refractivity contribution in [3.63, 3.8) is 0 Å². The average molecular weight is 1460 g/mol. The number of nitrogens with one attached hydrogen (secondary N) is 3. The molecule has 580 valence electrons. The van der Waals surface area contributed by atoms with Gasteiger partial charge in [-0.3, -0.25) is 57.5 Å². The van der Waals surface area contributed by atoms with E-state index in [-0.39, 0.29) is 82.7 Å². The molecule has 13 atom stereocenters. The van der Waals surface area contributed by atoms with Gasteiger partial charge in [-0.25, -0.2) is 4.39 Å². The molecule has 4 saturated heterocycles. The second-order valence-corrected chi connectivity index (χ2v) is 32.5. The molecule has 103 heavy (non-hydrogen) atoms. The van der Waals surface area contributed by atoms with Crippen LogP contribution in [-0.2, 0) is 57.5 Å². The third kappa shape index (κ3) is 19.3. The van der Waals surface area contributed by atoms with Crippen molar-refractivity contribution in [3.8, 4) is 0 Å². The Morgan fingerprint density at radius 1 is 0.583 bits per heavy atom. The first-order valence-corrected chi connectivity index (χ1v) is 38.7. The lowest BCUT2D eigenvalue weighted by Crippen LogP contribution is -2.65. The van der Waals surface area contributed by atoms with Crippen LogP contribution in [0.3, 0.4) is 0 Å². The number of nitrogens with zero attached hydrogens (tertiary/aromatic N) is 9. The summed E-state index contributed by atoms with van der Waals surface area (Å²) in [5.41, 5.74) is -1.57. The van der Waals surface area contributed by atoms with Gasteiger partial charge in [0.2, 0.25) is 70.9 Å². The first kappa shape index (κ1) is 82.0. The lowest BCUT2D eigenvalue weighted by atomic mass is 9.78. The number of rotatable bonds is 11. The van der Waals surface area contributed by atoms with E-state index in [2.05, 4.69) is 22.9 Å². The molecule has 3 N–H and O–H groups in total. The van der Waals surface area contributed by atoms with E-state index in [1.165, 1.54) is 83.5 Å². The van der Waals surface area contributed by atoms with Crippen LogP contribution in [0.2, 0.25) is 0 Å². The maximum absolute atomic E-state index is 15.8. The van der Waals surface area contributed by atoms with Gasteiger partial charge in [0.1, 0.15) is 66.1 Å². The summed E-state index contributed by atoms with van der Waals surface area (Å²) in [5, 5.41) is 8.83. The Bertz CT molecular complexity index is 3040. The van der Waals surface area contributed by atoms with E-state index in [9.17, 15) is 32.3 Å². The Hall–Kier alpha value is -6.64. The van der Waals surface area contributed by atoms with Crippen molar-refractivity contribution < 1.29 is 75.1 Å². The van der Waals surface area contributed by atoms with Crippen LogP contribution >= 0.6 is 0 Å². The Balaban J connectivity index is 1.17. The van der Waals surface area contributed by atoms with Gasteiger partial charge in [-0.1, -0.05) is 92.4 Å². The van der Waals surface area contributed by atoms with Crippen molar-refractivity contribution >= 4 is 70.9 Å². The monoisotopic (exact) mass is 1460 g/mol. The van der Waals surface area contributed by atoms with Gasteiger partial charge in [-0.05, 0) is 152 Å². The number of halogens is 4. The van der Waals surface area contributed by atoms with Crippen molar-refractivity contribution in [2.24, 2.45) is 41.4 Å². The summed E-state index contributed by atoms with van der Waals surface area (Å²) in [6.45, 7) is 11.4. The van der Waals surface area contributed by atoms with Gasteiger partial charge in [-0.2, -0.15) is 13.2 Å². The van der Waals surface area contributed by atoms with Gasteiger partial charge in [0.05, 0.1) is 18.9 Å². The molecule has 4 aliphatic carbocycles. The molecule has 0 radical (unpaired) electrons. The van der Waals surface area contributed by atoms with Crippen LogP contribution in [0.15, 0.2) is 0 Å². The first-order chi connectivity index (χ1) is 48.6. The van der Waals surface area contributed by atoms with Crippen molar-refractivity contribution in [2.75, 3.05) is 75.0 Å². The summed E-state index contributed by atoms with van der Waals surface area (Å²) < 4.78 is 57.1. The highest BCUT2D eigenvalue weighted by molar-refractivity contribution is 6.01. The van der Waals surface area contributed by atoms with E-state index in [1.54, 1.807) is 11.8 Å². The van der Waals surface area contributed by atoms with Crippen LogP contribution in [-0.4, -0.2) is 262 Å². The van der Waals surface area contributed by atoms with Gasteiger partial charge in [0, 0.05) is 68.5 Å². The van der Waals surface area contributed by atoms with E-state index in [4.69, 9.17) is 0 Å². The number of likely N-dealkylation sites (N-methyl/N-ethyl adjacent to an activating group) is 6. The Kier molecular flexibility index (Phi) is 28.4.